The SMILES string of the molecule is C.C.C.CCCC(=O)Cl.CCCC(=O)Oc1c(C)c2c(c3c1[C@H]1SC[C@]4(NCCc5cc(OC(=O)OC(C)(C)C)c(OC)cc54)C(=O)OC[C@@H]3N3C1[C@H]1c4c(cc(C)c(OC)c4OC(=O)CCC)C[C@@H]([C@@H]3C#N)N1C)OCO2.COc1cc2c(cc1OC(=O)OC(C)(C)C)CCN[C@]21CS[C@@H]2c3c(O)c(C)c4c(c3[C@H](COC1=O)N1C2[C@H]2c3c(cc(C)c(OC)c3O)C[C@@H]([C@@H]1C#N)N2C)OCO4. The molecule has 14 aliphatic heterocycles. The lowest BCUT2D eigenvalue weighted by Gasteiger charge is -2.62. The molecule has 4 saturated heterocycles. The number of esters is 4. The van der Waals surface area contributed by atoms with Crippen LogP contribution in [0.4, 0.5) is 9.59 Å². The van der Waals surface area contributed by atoms with Crippen molar-refractivity contribution in [3.8, 4) is 92.6 Å². The Morgan fingerprint density at radius 2 is 0.920 bits per heavy atom. The number of methoxy groups -OCH3 is 4. The number of nitrogens with zero attached hydrogens (tertiary/aromatic N) is 6. The summed E-state index contributed by atoms with van der Waals surface area (Å²) >= 11 is 7.86. The van der Waals surface area contributed by atoms with Crippen LogP contribution in [0.5, 0.6) is 80.5 Å². The molecule has 4 N–H and O–H groups in total. The Labute approximate surface area is 813 Å². The summed E-state index contributed by atoms with van der Waals surface area (Å²) < 4.78 is 96.1. The van der Waals surface area contributed by atoms with Gasteiger partial charge in [0, 0.05) is 113 Å². The number of phenols is 2. The van der Waals surface area contributed by atoms with Gasteiger partial charge in [0.05, 0.1) is 75.2 Å². The van der Waals surface area contributed by atoms with Gasteiger partial charge in [0.2, 0.25) is 18.8 Å². The van der Waals surface area contributed by atoms with Crippen molar-refractivity contribution in [3.63, 3.8) is 0 Å². The van der Waals surface area contributed by atoms with Crippen molar-refractivity contribution >= 4 is 76.6 Å². The zero-order valence-corrected chi connectivity index (χ0v) is 81.2. The Kier molecular flexibility index (Phi) is 30.6. The zero-order chi connectivity index (χ0) is 96.1. The fraction of sp³-hybridized carbons (Fsp3) is 0.554. The van der Waals surface area contributed by atoms with E-state index in [4.69, 9.17) is 87.4 Å². The lowest BCUT2D eigenvalue weighted by molar-refractivity contribution is -0.158. The predicted octanol–water partition coefficient (Wildman–Crippen LogP) is 16.2. The fourth-order valence-corrected chi connectivity index (χ4v) is 25.4. The van der Waals surface area contributed by atoms with E-state index in [-0.39, 0.29) is 125 Å². The van der Waals surface area contributed by atoms with Crippen LogP contribution in [-0.4, -0.2) is 213 Å². The third kappa shape index (κ3) is 18.1. The molecule has 33 nitrogen and oxygen atoms in total. The molecule has 2 unspecified atom stereocenters. The highest BCUT2D eigenvalue weighted by Crippen LogP contribution is 2.68. The predicted molar refractivity (Wildman–Crippen MR) is 511 cm³/mol. The summed E-state index contributed by atoms with van der Waals surface area (Å²) in [6, 6.07) is 10.4. The zero-order valence-electron chi connectivity index (χ0n) is 78.8. The van der Waals surface area contributed by atoms with Gasteiger partial charge in [-0.3, -0.25) is 44.6 Å². The molecule has 8 bridgehead atoms. The molecule has 137 heavy (non-hydrogen) atoms. The third-order valence-corrected chi connectivity index (χ3v) is 30.4. The van der Waals surface area contributed by atoms with Gasteiger partial charge in [0.1, 0.15) is 48.0 Å². The number of aromatic hydroxyl groups is 2. The average Bonchev–Trinajstić information content (AvgIpc) is 1.60. The molecule has 0 aromatic heterocycles. The number of hydrogen-bond donors (Lipinski definition) is 4. The molecule has 0 aliphatic carbocycles. The Morgan fingerprint density at radius 3 is 1.34 bits per heavy atom. The first-order valence-corrected chi connectivity index (χ1v) is 47.8. The topological polar surface area (TPSA) is 392 Å². The van der Waals surface area contributed by atoms with Gasteiger partial charge >= 0.3 is 36.2 Å². The lowest BCUT2D eigenvalue weighted by atomic mass is 9.71. The second-order valence-electron chi connectivity index (χ2n) is 37.6. The van der Waals surface area contributed by atoms with Gasteiger partial charge in [-0.15, -0.1) is 23.5 Å². The van der Waals surface area contributed by atoms with Gasteiger partial charge in [0.15, 0.2) is 80.1 Å². The number of hydrogen-bond acceptors (Lipinski definition) is 35. The quantitative estimate of drug-likeness (QED) is 0.0259. The number of phenolic OH excluding ortho intramolecular Hbond substituents is 2. The number of carbonyl (C=O) groups excluding carboxylic acids is 7. The van der Waals surface area contributed by atoms with Gasteiger partial charge in [-0.1, -0.05) is 55.2 Å². The van der Waals surface area contributed by atoms with Crippen LogP contribution in [0.3, 0.4) is 0 Å². The number of benzene rings is 6. The molecule has 6 aromatic rings. The van der Waals surface area contributed by atoms with Crippen molar-refractivity contribution in [1.29, 1.82) is 10.5 Å². The highest BCUT2D eigenvalue weighted by Gasteiger charge is 2.65. The number of thioether (sulfide) groups is 2. The normalized spacial score (nSPS) is 25.3. The highest BCUT2D eigenvalue weighted by atomic mass is 35.5. The number of nitriles is 2. The standard InChI is InChI=1S/C51H60N4O13S.C43H48N4O11S.C4H7ClO.3CH4/c1-11-13-35(56)66-43-26(4)44-45(64-24-63-44)38-32-22-62-48(58)51(29-20-33(60-9)34(19-27(29)15-16-53-51)65-49(59)68-50(5,6)7)23-69-47(39(38)43)41-40-37-28(18-30(54(40)8)31(21-52)55(32)41)17-25(3)42(61-10)46(37)67-36(57)14-12-2;1-19-11-22-12-24-25(15-44)47-26-16-54-40(50)43(23-14-27(52-7)28(13-21(23)9-10-45-43)57-41(51)58-42(3,4)5)17-59-39(31-30(26)38-37(55-18-56-38)20(2)34(31)48)33(47)32(46(24)6)29(22)35(49)36(19)53-8;1-2-3-4(5)6;;;/h17,19-20,30-32,40-41,47,53H,11-16,18,22-24H2,1-10H3;11,13-14,24-26,32-33,39,45,48-49H,9-10,12,16-18H2,1-8H3;2-3H2,1H3;3*1H4/t30-,31-,32-,40+,41?,47+,51+;24-,25-,26-,32+,33?,39+,43+;;;;/m00..../s1. The first kappa shape index (κ1) is 104. The number of aryl methyl sites for hydroxylation is 2. The van der Waals surface area contributed by atoms with Crippen LogP contribution in [0.2, 0.25) is 0 Å². The first-order chi connectivity index (χ1) is 63.9. The van der Waals surface area contributed by atoms with Gasteiger partial charge in [-0.2, -0.15) is 10.5 Å². The summed E-state index contributed by atoms with van der Waals surface area (Å²) in [5, 5.41) is 52.5. The number of piperazine rings is 2. The molecule has 740 valence electrons. The van der Waals surface area contributed by atoms with E-state index in [1.807, 2.05) is 61.7 Å². The Hall–Kier alpha value is -10.9. The van der Waals surface area contributed by atoms with Crippen LogP contribution >= 0.6 is 35.1 Å². The maximum absolute atomic E-state index is 15.3. The number of ether oxygens (including phenoxy) is 16. The van der Waals surface area contributed by atoms with Crippen LogP contribution in [0.15, 0.2) is 36.4 Å². The van der Waals surface area contributed by atoms with Crippen LogP contribution in [0.1, 0.15) is 247 Å². The smallest absolute Gasteiger partial charge is 0.507 e. The van der Waals surface area contributed by atoms with Crippen molar-refractivity contribution in [2.45, 2.75) is 270 Å². The van der Waals surface area contributed by atoms with E-state index in [2.05, 4.69) is 48.4 Å². The van der Waals surface area contributed by atoms with Gasteiger partial charge in [0.25, 0.3) is 0 Å². The summed E-state index contributed by atoms with van der Waals surface area (Å²) in [5.41, 5.74) is 6.68. The lowest BCUT2D eigenvalue weighted by Crippen LogP contribution is -2.69. The van der Waals surface area contributed by atoms with Crippen molar-refractivity contribution in [2.75, 3.05) is 93.9 Å². The molecule has 20 rings (SSSR count). The maximum atomic E-state index is 15.3. The van der Waals surface area contributed by atoms with Crippen LogP contribution in [0, 0.1) is 50.4 Å². The summed E-state index contributed by atoms with van der Waals surface area (Å²) in [5.74, 6) is 2.26. The van der Waals surface area contributed by atoms with E-state index in [9.17, 15) is 49.5 Å². The van der Waals surface area contributed by atoms with Gasteiger partial charge in [-0.25, -0.2) is 19.2 Å². The molecule has 0 saturated carbocycles. The summed E-state index contributed by atoms with van der Waals surface area (Å²) in [6.45, 7) is 23.8. The maximum Gasteiger partial charge on any atom is 0.514 e. The Balaban J connectivity index is 0.000000216. The van der Waals surface area contributed by atoms with E-state index >= 15 is 4.79 Å². The van der Waals surface area contributed by atoms with Crippen molar-refractivity contribution < 1.29 is 120 Å². The molecule has 4 fully saturated rings. The molecule has 14 atom stereocenters. The molecular formula is C101H127ClN8O25S2. The van der Waals surface area contributed by atoms with Crippen molar-refractivity contribution in [1.82, 2.24) is 30.2 Å². The Morgan fingerprint density at radius 1 is 0.504 bits per heavy atom. The van der Waals surface area contributed by atoms with E-state index in [0.717, 1.165) is 45.4 Å². The minimum Gasteiger partial charge on any atom is -0.507 e. The van der Waals surface area contributed by atoms with Crippen LogP contribution in [0.25, 0.3) is 0 Å². The second-order valence-corrected chi connectivity index (χ2v) is 40.3. The van der Waals surface area contributed by atoms with Gasteiger partial charge in [-0.05, 0) is 209 Å². The largest absolute Gasteiger partial charge is 0.514 e. The summed E-state index contributed by atoms with van der Waals surface area (Å²) in [6.07, 6.45) is 2.95. The average molecular weight is 1950 g/mol. The number of fused-ring (bicyclic) bond motifs is 18. The number of halogens is 1. The summed E-state index contributed by atoms with van der Waals surface area (Å²) in [4.78, 5) is 102. The van der Waals surface area contributed by atoms with E-state index in [1.165, 1.54) is 44.9 Å². The van der Waals surface area contributed by atoms with E-state index in [1.54, 1.807) is 79.8 Å². The minimum atomic E-state index is -1.48. The molecule has 14 heterocycles. The minimum absolute atomic E-state index is 0. The number of rotatable bonds is 14. The van der Waals surface area contributed by atoms with E-state index in [0.29, 0.717) is 154 Å². The van der Waals surface area contributed by atoms with E-state index < -0.39 is 117 Å². The molecule has 6 aromatic carbocycles. The number of carbonyl (C=O) groups is 7. The number of nitrogens with one attached hydrogen (secondary N) is 2. The molecule has 2 spiro atoms. The van der Waals surface area contributed by atoms with Crippen molar-refractivity contribution in [3.05, 3.63) is 125 Å². The third-order valence-electron chi connectivity index (χ3n) is 27.3. The van der Waals surface area contributed by atoms with Crippen LogP contribution in [-0.2, 0) is 79.7 Å². The van der Waals surface area contributed by atoms with Gasteiger partial charge < -0.3 is 86.0 Å². The van der Waals surface area contributed by atoms with Crippen molar-refractivity contribution in [2.24, 2.45) is 0 Å². The molecular weight excluding hydrogens is 1820 g/mol. The van der Waals surface area contributed by atoms with Crippen LogP contribution < -0.4 is 67.5 Å². The highest BCUT2D eigenvalue weighted by molar-refractivity contribution is 7.99. The molecule has 14 aliphatic rings. The molecule has 0 amide bonds. The first-order valence-electron chi connectivity index (χ1n) is 45.3. The monoisotopic (exact) mass is 1950 g/mol. The number of likely N-dealkylation sites (N-methyl/N-ethyl adjacent to an activating group) is 2. The molecule has 36 heteroatoms. The Bertz CT molecular complexity index is 5850. The molecule has 0 radical (unpaired) electrons. The summed E-state index contributed by atoms with van der Waals surface area (Å²) in [7, 11) is 9.99. The fourth-order valence-electron chi connectivity index (χ4n) is 21.8. The second kappa shape index (κ2) is 40.5.